The summed E-state index contributed by atoms with van der Waals surface area (Å²) in [6.45, 7) is 8.46. The van der Waals surface area contributed by atoms with E-state index >= 15 is 0 Å². The van der Waals surface area contributed by atoms with Crippen LogP contribution in [0.1, 0.15) is 37.0 Å². The Hall–Kier alpha value is -1.33. The molecular formula is C14H20N2. The van der Waals surface area contributed by atoms with Crippen LogP contribution in [-0.4, -0.2) is 6.54 Å². The fraction of sp³-hybridized carbons (Fsp3) is 0.500. The summed E-state index contributed by atoms with van der Waals surface area (Å²) < 4.78 is 0. The van der Waals surface area contributed by atoms with Gasteiger partial charge in [0.25, 0.3) is 0 Å². The molecule has 1 aromatic rings. The molecule has 0 atom stereocenters. The van der Waals surface area contributed by atoms with Gasteiger partial charge in [0.1, 0.15) is 0 Å². The molecule has 0 amide bonds. The summed E-state index contributed by atoms with van der Waals surface area (Å²) in [5.74, 6) is 0.745. The smallest absolute Gasteiger partial charge is 0.0991 e. The predicted octanol–water partition coefficient (Wildman–Crippen LogP) is 3.00. The second-order valence-electron chi connectivity index (χ2n) is 4.61. The molecule has 0 saturated heterocycles. The molecule has 0 heterocycles. The first kappa shape index (κ1) is 12.7. The molecule has 0 bridgehead atoms. The molecule has 16 heavy (non-hydrogen) atoms. The molecule has 2 heteroatoms. The minimum atomic E-state index is 0.739. The van der Waals surface area contributed by atoms with E-state index in [0.717, 1.165) is 24.6 Å². The van der Waals surface area contributed by atoms with Crippen molar-refractivity contribution in [3.63, 3.8) is 0 Å². The van der Waals surface area contributed by atoms with E-state index in [1.807, 2.05) is 18.2 Å². The second kappa shape index (κ2) is 6.30. The van der Waals surface area contributed by atoms with Crippen molar-refractivity contribution < 1.29 is 0 Å². The third-order valence-electron chi connectivity index (χ3n) is 2.69. The van der Waals surface area contributed by atoms with Gasteiger partial charge in [-0.05, 0) is 49.1 Å². The molecule has 0 unspecified atom stereocenters. The molecule has 0 aliphatic rings. The molecule has 0 spiro atoms. The first-order valence-corrected chi connectivity index (χ1v) is 5.84. The van der Waals surface area contributed by atoms with Crippen molar-refractivity contribution in [3.8, 4) is 6.07 Å². The van der Waals surface area contributed by atoms with Crippen LogP contribution < -0.4 is 5.32 Å². The molecule has 2 nitrogen and oxygen atoms in total. The third-order valence-corrected chi connectivity index (χ3v) is 2.69. The molecule has 0 radical (unpaired) electrons. The standard InChI is InChI=1S/C14H20N2/c1-11(2)6-7-16-10-14-5-4-13(9-15)8-12(14)3/h4-5,8,11,16H,6-7,10H2,1-3H3. The van der Waals surface area contributed by atoms with Crippen molar-refractivity contribution >= 4 is 0 Å². The molecule has 0 aliphatic heterocycles. The lowest BCUT2D eigenvalue weighted by molar-refractivity contribution is 0.537. The van der Waals surface area contributed by atoms with Gasteiger partial charge in [-0.25, -0.2) is 0 Å². The van der Waals surface area contributed by atoms with Crippen molar-refractivity contribution in [2.75, 3.05) is 6.54 Å². The molecule has 0 saturated carbocycles. The minimum Gasteiger partial charge on any atom is -0.313 e. The van der Waals surface area contributed by atoms with E-state index in [4.69, 9.17) is 5.26 Å². The topological polar surface area (TPSA) is 35.8 Å². The van der Waals surface area contributed by atoms with E-state index in [2.05, 4.69) is 32.2 Å². The van der Waals surface area contributed by atoms with Crippen molar-refractivity contribution in [1.29, 1.82) is 5.26 Å². The van der Waals surface area contributed by atoms with E-state index in [1.54, 1.807) is 0 Å². The molecule has 1 N–H and O–H groups in total. The lowest BCUT2D eigenvalue weighted by Crippen LogP contribution is -2.16. The molecular weight excluding hydrogens is 196 g/mol. The van der Waals surface area contributed by atoms with Crippen LogP contribution in [0.3, 0.4) is 0 Å². The Morgan fingerprint density at radius 1 is 1.38 bits per heavy atom. The van der Waals surface area contributed by atoms with Crippen molar-refractivity contribution in [1.82, 2.24) is 5.32 Å². The van der Waals surface area contributed by atoms with E-state index < -0.39 is 0 Å². The van der Waals surface area contributed by atoms with Gasteiger partial charge >= 0.3 is 0 Å². The highest BCUT2D eigenvalue weighted by Crippen LogP contribution is 2.10. The summed E-state index contributed by atoms with van der Waals surface area (Å²) in [6, 6.07) is 8.02. The largest absolute Gasteiger partial charge is 0.313 e. The van der Waals surface area contributed by atoms with Crippen LogP contribution in [0.15, 0.2) is 18.2 Å². The van der Waals surface area contributed by atoms with E-state index in [9.17, 15) is 0 Å². The molecule has 1 aromatic carbocycles. The van der Waals surface area contributed by atoms with Gasteiger partial charge in [-0.3, -0.25) is 0 Å². The second-order valence-corrected chi connectivity index (χ2v) is 4.61. The molecule has 86 valence electrons. The number of benzene rings is 1. The van der Waals surface area contributed by atoms with Gasteiger partial charge in [-0.15, -0.1) is 0 Å². The monoisotopic (exact) mass is 216 g/mol. The van der Waals surface area contributed by atoms with Crippen LogP contribution in [0.2, 0.25) is 0 Å². The van der Waals surface area contributed by atoms with E-state index in [-0.39, 0.29) is 0 Å². The maximum atomic E-state index is 8.76. The van der Waals surface area contributed by atoms with E-state index in [0.29, 0.717) is 0 Å². The molecule has 0 fully saturated rings. The third kappa shape index (κ3) is 4.04. The Morgan fingerprint density at radius 3 is 2.69 bits per heavy atom. The van der Waals surface area contributed by atoms with Crippen LogP contribution in [-0.2, 0) is 6.54 Å². The number of nitriles is 1. The Labute approximate surface area is 98.3 Å². The highest BCUT2D eigenvalue weighted by Gasteiger charge is 2.00. The van der Waals surface area contributed by atoms with Gasteiger partial charge in [0.2, 0.25) is 0 Å². The SMILES string of the molecule is Cc1cc(C#N)ccc1CNCCC(C)C. The lowest BCUT2D eigenvalue weighted by atomic mass is 10.1. The first-order valence-electron chi connectivity index (χ1n) is 5.84. The number of nitrogens with zero attached hydrogens (tertiary/aromatic N) is 1. The quantitative estimate of drug-likeness (QED) is 0.768. The zero-order chi connectivity index (χ0) is 12.0. The van der Waals surface area contributed by atoms with Gasteiger partial charge in [0.15, 0.2) is 0 Å². The Bertz CT molecular complexity index is 375. The van der Waals surface area contributed by atoms with Crippen molar-refractivity contribution in [3.05, 3.63) is 34.9 Å². The van der Waals surface area contributed by atoms with Crippen LogP contribution in [0.5, 0.6) is 0 Å². The first-order chi connectivity index (χ1) is 7.63. The summed E-state index contributed by atoms with van der Waals surface area (Å²) in [7, 11) is 0. The fourth-order valence-electron chi connectivity index (χ4n) is 1.58. The fourth-order valence-corrected chi connectivity index (χ4v) is 1.58. The highest BCUT2D eigenvalue weighted by atomic mass is 14.8. The van der Waals surface area contributed by atoms with Crippen LogP contribution >= 0.6 is 0 Å². The highest BCUT2D eigenvalue weighted by molar-refractivity contribution is 5.37. The summed E-state index contributed by atoms with van der Waals surface area (Å²) in [4.78, 5) is 0. The van der Waals surface area contributed by atoms with Crippen LogP contribution in [0, 0.1) is 24.2 Å². The van der Waals surface area contributed by atoms with E-state index in [1.165, 1.54) is 17.5 Å². The maximum Gasteiger partial charge on any atom is 0.0991 e. The van der Waals surface area contributed by atoms with Crippen molar-refractivity contribution in [2.45, 2.75) is 33.7 Å². The van der Waals surface area contributed by atoms with Crippen LogP contribution in [0.4, 0.5) is 0 Å². The normalized spacial score (nSPS) is 10.4. The Kier molecular flexibility index (Phi) is 5.01. The van der Waals surface area contributed by atoms with Gasteiger partial charge in [-0.1, -0.05) is 19.9 Å². The Balaban J connectivity index is 2.46. The summed E-state index contributed by atoms with van der Waals surface area (Å²) in [5.41, 5.74) is 3.21. The van der Waals surface area contributed by atoms with Gasteiger partial charge in [0, 0.05) is 6.54 Å². The number of hydrogen-bond donors (Lipinski definition) is 1. The number of rotatable bonds is 5. The zero-order valence-corrected chi connectivity index (χ0v) is 10.4. The van der Waals surface area contributed by atoms with Crippen molar-refractivity contribution in [2.24, 2.45) is 5.92 Å². The summed E-state index contributed by atoms with van der Waals surface area (Å²) >= 11 is 0. The number of hydrogen-bond acceptors (Lipinski definition) is 2. The lowest BCUT2D eigenvalue weighted by Gasteiger charge is -2.09. The number of aryl methyl sites for hydroxylation is 1. The minimum absolute atomic E-state index is 0.739. The van der Waals surface area contributed by atoms with Gasteiger partial charge < -0.3 is 5.32 Å². The molecule has 0 aromatic heterocycles. The zero-order valence-electron chi connectivity index (χ0n) is 10.4. The number of nitrogens with one attached hydrogen (secondary N) is 1. The average Bonchev–Trinajstić information content (AvgIpc) is 2.25. The molecule has 1 rings (SSSR count). The summed E-state index contributed by atoms with van der Waals surface area (Å²) in [5, 5.41) is 12.2. The Morgan fingerprint density at radius 2 is 2.12 bits per heavy atom. The molecule has 0 aliphatic carbocycles. The average molecular weight is 216 g/mol. The van der Waals surface area contributed by atoms with Gasteiger partial charge in [0.05, 0.1) is 11.6 Å². The van der Waals surface area contributed by atoms with Crippen LogP contribution in [0.25, 0.3) is 0 Å². The maximum absolute atomic E-state index is 8.76. The van der Waals surface area contributed by atoms with Gasteiger partial charge in [-0.2, -0.15) is 5.26 Å². The predicted molar refractivity (Wildman–Crippen MR) is 67.1 cm³/mol. The summed E-state index contributed by atoms with van der Waals surface area (Å²) in [6.07, 6.45) is 1.20.